The van der Waals surface area contributed by atoms with Gasteiger partial charge in [-0.2, -0.15) is 0 Å². The van der Waals surface area contributed by atoms with Crippen LogP contribution in [-0.2, 0) is 4.74 Å². The molecule has 0 aromatic carbocycles. The topological polar surface area (TPSA) is 58.2 Å². The van der Waals surface area contributed by atoms with Crippen molar-refractivity contribution in [1.82, 2.24) is 15.6 Å². The second-order valence-corrected chi connectivity index (χ2v) is 7.05. The Morgan fingerprint density at radius 3 is 3.00 bits per heavy atom. The van der Waals surface area contributed by atoms with Crippen LogP contribution in [0.3, 0.4) is 0 Å². The molecule has 2 fully saturated rings. The van der Waals surface area contributed by atoms with Gasteiger partial charge in [0.1, 0.15) is 5.82 Å². The Morgan fingerprint density at radius 2 is 2.22 bits per heavy atom. The maximum atomic E-state index is 6.11. The Bertz CT molecular complexity index is 511. The lowest BCUT2D eigenvalue weighted by atomic mass is 9.94. The fourth-order valence-electron chi connectivity index (χ4n) is 3.57. The minimum atomic E-state index is 0.490. The van der Waals surface area contributed by atoms with E-state index in [4.69, 9.17) is 27.9 Å². The first-order valence-electron chi connectivity index (χ1n) is 8.33. The smallest absolute Gasteiger partial charge is 0.144 e. The van der Waals surface area contributed by atoms with Crippen LogP contribution in [0.15, 0.2) is 12.3 Å². The lowest BCUT2D eigenvalue weighted by Gasteiger charge is -2.33. The van der Waals surface area contributed by atoms with Crippen molar-refractivity contribution in [3.8, 4) is 0 Å². The minimum Gasteiger partial charge on any atom is -0.379 e. The average Bonchev–Trinajstić information content (AvgIpc) is 3.02. The Hall–Kier alpha value is -0.590. The predicted molar refractivity (Wildman–Crippen MR) is 94.5 cm³/mol. The molecule has 0 spiro atoms. The molecule has 1 aromatic rings. The normalized spacial score (nSPS) is 28.0. The second kappa shape index (κ2) is 8.49. The molecule has 3 unspecified atom stereocenters. The molecule has 1 aromatic heterocycles. The van der Waals surface area contributed by atoms with Crippen LogP contribution in [0.1, 0.15) is 19.3 Å². The van der Waals surface area contributed by atoms with Crippen LogP contribution >= 0.6 is 23.2 Å². The molecular formula is C16H24Cl2N4O. The molecule has 0 radical (unpaired) electrons. The van der Waals surface area contributed by atoms with Crippen LogP contribution in [0.5, 0.6) is 0 Å². The SMILES string of the molecule is Clc1cnc(NCCNC2CCCC2C2COCCN2)c(Cl)c1. The summed E-state index contributed by atoms with van der Waals surface area (Å²) in [5, 5.41) is 11.6. The first kappa shape index (κ1) is 17.2. The Labute approximate surface area is 147 Å². The third-order valence-electron chi connectivity index (χ3n) is 4.67. The molecule has 1 saturated heterocycles. The van der Waals surface area contributed by atoms with Crippen molar-refractivity contribution in [2.75, 3.05) is 38.2 Å². The van der Waals surface area contributed by atoms with E-state index in [2.05, 4.69) is 20.9 Å². The molecule has 23 heavy (non-hydrogen) atoms. The number of ether oxygens (including phenoxy) is 1. The van der Waals surface area contributed by atoms with E-state index in [9.17, 15) is 0 Å². The molecule has 0 amide bonds. The van der Waals surface area contributed by atoms with Gasteiger partial charge in [0.2, 0.25) is 0 Å². The zero-order valence-electron chi connectivity index (χ0n) is 13.2. The number of pyridine rings is 1. The van der Waals surface area contributed by atoms with Crippen molar-refractivity contribution in [3.05, 3.63) is 22.3 Å². The van der Waals surface area contributed by atoms with Crippen molar-refractivity contribution < 1.29 is 4.74 Å². The van der Waals surface area contributed by atoms with Gasteiger partial charge in [-0.15, -0.1) is 0 Å². The van der Waals surface area contributed by atoms with Crippen LogP contribution < -0.4 is 16.0 Å². The number of aromatic nitrogens is 1. The monoisotopic (exact) mass is 358 g/mol. The predicted octanol–water partition coefficient (Wildman–Crippen LogP) is 2.55. The van der Waals surface area contributed by atoms with Gasteiger partial charge in [0.15, 0.2) is 0 Å². The number of hydrogen-bond donors (Lipinski definition) is 3. The molecule has 3 rings (SSSR count). The Kier molecular flexibility index (Phi) is 6.36. The third kappa shape index (κ3) is 4.70. The summed E-state index contributed by atoms with van der Waals surface area (Å²) in [6.07, 6.45) is 5.41. The number of rotatable bonds is 6. The Morgan fingerprint density at radius 1 is 1.30 bits per heavy atom. The Balaban J connectivity index is 1.42. The van der Waals surface area contributed by atoms with Crippen LogP contribution in [0, 0.1) is 5.92 Å². The number of nitrogens with one attached hydrogen (secondary N) is 3. The van der Waals surface area contributed by atoms with Crippen LogP contribution in [0.2, 0.25) is 10.0 Å². The van der Waals surface area contributed by atoms with Crippen LogP contribution in [-0.4, -0.2) is 49.9 Å². The van der Waals surface area contributed by atoms with E-state index in [1.807, 2.05) is 0 Å². The molecular weight excluding hydrogens is 335 g/mol. The van der Waals surface area contributed by atoms with Gasteiger partial charge >= 0.3 is 0 Å². The highest BCUT2D eigenvalue weighted by atomic mass is 35.5. The first-order valence-corrected chi connectivity index (χ1v) is 9.09. The van der Waals surface area contributed by atoms with E-state index in [0.717, 1.165) is 32.8 Å². The summed E-state index contributed by atoms with van der Waals surface area (Å²) in [4.78, 5) is 4.21. The zero-order valence-corrected chi connectivity index (χ0v) is 14.7. The number of nitrogens with zero attached hydrogens (tertiary/aromatic N) is 1. The lowest BCUT2D eigenvalue weighted by molar-refractivity contribution is 0.0526. The second-order valence-electron chi connectivity index (χ2n) is 6.20. The summed E-state index contributed by atoms with van der Waals surface area (Å²) >= 11 is 12.0. The summed E-state index contributed by atoms with van der Waals surface area (Å²) in [7, 11) is 0. The molecule has 7 heteroatoms. The molecule has 1 saturated carbocycles. The maximum Gasteiger partial charge on any atom is 0.144 e. The summed E-state index contributed by atoms with van der Waals surface area (Å²) in [5.74, 6) is 1.34. The quantitative estimate of drug-likeness (QED) is 0.682. The van der Waals surface area contributed by atoms with E-state index in [-0.39, 0.29) is 0 Å². The van der Waals surface area contributed by atoms with E-state index in [1.165, 1.54) is 19.3 Å². The van der Waals surface area contributed by atoms with Crippen LogP contribution in [0.25, 0.3) is 0 Å². The van der Waals surface area contributed by atoms with Gasteiger partial charge in [0.05, 0.1) is 23.3 Å². The number of halogens is 2. The zero-order chi connectivity index (χ0) is 16.1. The largest absolute Gasteiger partial charge is 0.379 e. The molecule has 1 aliphatic carbocycles. The molecule has 128 valence electrons. The standard InChI is InChI=1S/C16H24Cl2N4O/c17-11-8-13(18)16(22-9-11)21-5-4-19-14-3-1-2-12(14)15-10-23-7-6-20-15/h8-9,12,14-15,19-20H,1-7,10H2,(H,21,22). The van der Waals surface area contributed by atoms with Gasteiger partial charge in [0, 0.05) is 37.9 Å². The highest BCUT2D eigenvalue weighted by Crippen LogP contribution is 2.29. The van der Waals surface area contributed by atoms with Gasteiger partial charge in [-0.1, -0.05) is 29.6 Å². The molecule has 2 heterocycles. The molecule has 2 aliphatic rings. The van der Waals surface area contributed by atoms with Gasteiger partial charge < -0.3 is 20.7 Å². The third-order valence-corrected chi connectivity index (χ3v) is 5.16. The van der Waals surface area contributed by atoms with E-state index in [0.29, 0.717) is 33.9 Å². The lowest BCUT2D eigenvalue weighted by Crippen LogP contribution is -2.51. The van der Waals surface area contributed by atoms with Gasteiger partial charge in [-0.05, 0) is 24.8 Å². The van der Waals surface area contributed by atoms with E-state index < -0.39 is 0 Å². The highest BCUT2D eigenvalue weighted by Gasteiger charge is 2.34. The minimum absolute atomic E-state index is 0.490. The van der Waals surface area contributed by atoms with Gasteiger partial charge in [-0.25, -0.2) is 4.98 Å². The summed E-state index contributed by atoms with van der Waals surface area (Å²) in [6.45, 7) is 4.31. The van der Waals surface area contributed by atoms with Crippen LogP contribution in [0.4, 0.5) is 5.82 Å². The van der Waals surface area contributed by atoms with Crippen molar-refractivity contribution in [3.63, 3.8) is 0 Å². The summed E-state index contributed by atoms with van der Waals surface area (Å²) < 4.78 is 5.61. The van der Waals surface area contributed by atoms with Crippen molar-refractivity contribution in [1.29, 1.82) is 0 Å². The van der Waals surface area contributed by atoms with Crippen molar-refractivity contribution in [2.45, 2.75) is 31.3 Å². The van der Waals surface area contributed by atoms with Crippen molar-refractivity contribution in [2.24, 2.45) is 5.92 Å². The number of hydrogen-bond acceptors (Lipinski definition) is 5. The van der Waals surface area contributed by atoms with Crippen molar-refractivity contribution >= 4 is 29.0 Å². The summed E-state index contributed by atoms with van der Waals surface area (Å²) in [6, 6.07) is 2.75. The van der Waals surface area contributed by atoms with E-state index >= 15 is 0 Å². The molecule has 3 N–H and O–H groups in total. The van der Waals surface area contributed by atoms with Gasteiger partial charge in [0.25, 0.3) is 0 Å². The molecule has 5 nitrogen and oxygen atoms in total. The van der Waals surface area contributed by atoms with Gasteiger partial charge in [-0.3, -0.25) is 0 Å². The fraction of sp³-hybridized carbons (Fsp3) is 0.688. The molecule has 0 bridgehead atoms. The first-order chi connectivity index (χ1) is 11.2. The number of anilines is 1. The van der Waals surface area contributed by atoms with E-state index in [1.54, 1.807) is 12.3 Å². The summed E-state index contributed by atoms with van der Waals surface area (Å²) in [5.41, 5.74) is 0. The molecule has 1 aliphatic heterocycles. The average molecular weight is 359 g/mol. The maximum absolute atomic E-state index is 6.11. The molecule has 3 atom stereocenters. The highest BCUT2D eigenvalue weighted by molar-refractivity contribution is 6.35. The number of morpholine rings is 1. The fourth-order valence-corrected chi connectivity index (χ4v) is 4.01.